The van der Waals surface area contributed by atoms with Crippen molar-refractivity contribution < 1.29 is 14.1 Å². The van der Waals surface area contributed by atoms with Gasteiger partial charge in [0.15, 0.2) is 5.76 Å². The van der Waals surface area contributed by atoms with E-state index in [0.29, 0.717) is 16.6 Å². The second-order valence-corrected chi connectivity index (χ2v) is 9.91. The molecule has 3 aliphatic rings. The molecule has 0 aliphatic carbocycles. The molecule has 0 saturated carbocycles. The van der Waals surface area contributed by atoms with Gasteiger partial charge in [0, 0.05) is 18.7 Å². The lowest BCUT2D eigenvalue weighted by molar-refractivity contribution is -0.141. The molecular weight excluding hydrogens is 410 g/mol. The number of nitrogens with zero attached hydrogens (tertiary/aromatic N) is 3. The fourth-order valence-corrected chi connectivity index (χ4v) is 6.34. The summed E-state index contributed by atoms with van der Waals surface area (Å²) in [6, 6.07) is 5.61. The Labute approximate surface area is 178 Å². The van der Waals surface area contributed by atoms with Crippen LogP contribution in [0.15, 0.2) is 22.7 Å². The number of fused-ring (bicyclic) bond motifs is 3. The average molecular weight is 434 g/mol. The quantitative estimate of drug-likeness (QED) is 0.500. The molecule has 0 bridgehead atoms. The minimum absolute atomic E-state index is 0.0178. The third kappa shape index (κ3) is 3.05. The number of unbranched alkanes of at least 4 members (excludes halogenated alkanes) is 2. The van der Waals surface area contributed by atoms with Gasteiger partial charge in [0.1, 0.15) is 5.69 Å². The highest BCUT2D eigenvalue weighted by Crippen LogP contribution is 2.53. The Balaban J connectivity index is 1.46. The van der Waals surface area contributed by atoms with Gasteiger partial charge in [-0.25, -0.2) is 0 Å². The zero-order valence-corrected chi connectivity index (χ0v) is 17.9. The molecule has 4 atom stereocenters. The van der Waals surface area contributed by atoms with Crippen LogP contribution in [0.25, 0.3) is 10.6 Å². The maximum Gasteiger partial charge on any atom is 0.235 e. The highest BCUT2D eigenvalue weighted by atomic mass is 35.5. The van der Waals surface area contributed by atoms with Crippen LogP contribution in [0.3, 0.4) is 0 Å². The summed E-state index contributed by atoms with van der Waals surface area (Å²) >= 11 is 7.49. The Morgan fingerprint density at radius 2 is 2.07 bits per heavy atom. The predicted molar refractivity (Wildman–Crippen MR) is 111 cm³/mol. The third-order valence-corrected chi connectivity index (χ3v) is 7.82. The van der Waals surface area contributed by atoms with E-state index in [9.17, 15) is 9.59 Å². The van der Waals surface area contributed by atoms with Crippen LogP contribution in [0, 0.1) is 11.8 Å². The third-order valence-electron chi connectivity index (χ3n) is 6.58. The lowest BCUT2D eigenvalue weighted by Crippen LogP contribution is -2.39. The molecule has 6 nitrogen and oxygen atoms in total. The largest absolute Gasteiger partial charge is 0.355 e. The van der Waals surface area contributed by atoms with Crippen molar-refractivity contribution >= 4 is 34.8 Å². The van der Waals surface area contributed by atoms with Crippen molar-refractivity contribution in [2.24, 2.45) is 11.8 Å². The minimum atomic E-state index is -0.348. The van der Waals surface area contributed by atoms with Crippen molar-refractivity contribution in [2.45, 2.75) is 51.1 Å². The number of likely N-dealkylation sites (tertiary alicyclic amines) is 1. The van der Waals surface area contributed by atoms with Gasteiger partial charge in [0.25, 0.3) is 0 Å². The number of rotatable bonds is 6. The summed E-state index contributed by atoms with van der Waals surface area (Å²) in [5.74, 6) is 0.0587. The number of thiophene rings is 1. The number of hydrogen-bond donors (Lipinski definition) is 0. The first-order valence-electron chi connectivity index (χ1n) is 10.4. The number of amides is 2. The van der Waals surface area contributed by atoms with E-state index in [1.165, 1.54) is 16.2 Å². The van der Waals surface area contributed by atoms with Crippen molar-refractivity contribution in [2.75, 3.05) is 13.1 Å². The summed E-state index contributed by atoms with van der Waals surface area (Å²) in [5.41, 5.74) is 0.750. The molecule has 0 spiro atoms. The lowest BCUT2D eigenvalue weighted by atomic mass is 9.86. The second kappa shape index (κ2) is 7.52. The van der Waals surface area contributed by atoms with E-state index in [2.05, 4.69) is 17.0 Å². The van der Waals surface area contributed by atoms with Crippen molar-refractivity contribution in [3.8, 4) is 10.6 Å². The number of imide groups is 1. The number of hydrogen-bond acceptors (Lipinski definition) is 6. The highest BCUT2D eigenvalue weighted by molar-refractivity contribution is 7.19. The Bertz CT molecular complexity index is 941. The van der Waals surface area contributed by atoms with Gasteiger partial charge in [0.2, 0.25) is 11.8 Å². The van der Waals surface area contributed by atoms with Crippen LogP contribution in [0.1, 0.15) is 50.8 Å². The van der Waals surface area contributed by atoms with Crippen LogP contribution >= 0.6 is 22.9 Å². The molecule has 2 amide bonds. The van der Waals surface area contributed by atoms with Gasteiger partial charge in [0.05, 0.1) is 27.1 Å². The van der Waals surface area contributed by atoms with Gasteiger partial charge in [-0.2, -0.15) is 0 Å². The molecule has 29 heavy (non-hydrogen) atoms. The molecule has 2 aromatic rings. The van der Waals surface area contributed by atoms with Gasteiger partial charge in [-0.3, -0.25) is 19.4 Å². The normalized spacial score (nSPS) is 29.1. The molecule has 0 aromatic carbocycles. The maximum atomic E-state index is 13.3. The van der Waals surface area contributed by atoms with E-state index in [1.54, 1.807) is 0 Å². The topological polar surface area (TPSA) is 66.7 Å². The standard InChI is InChI=1S/C21H24ClN3O3S/c1-2-3-4-9-25-20(26)17-13-6-5-10-24(13)19(18(17)21(25)27)12-11-14(28-23-12)15-7-8-16(22)29-15/h7-8,11,13,17-19H,2-6,9-10H2,1H3/t13-,17-,18-,19-/m0/s1. The van der Waals surface area contributed by atoms with E-state index in [4.69, 9.17) is 16.1 Å². The van der Waals surface area contributed by atoms with Gasteiger partial charge in [-0.15, -0.1) is 11.3 Å². The summed E-state index contributed by atoms with van der Waals surface area (Å²) in [7, 11) is 0. The van der Waals surface area contributed by atoms with Gasteiger partial charge < -0.3 is 4.52 Å². The summed E-state index contributed by atoms with van der Waals surface area (Å²) in [4.78, 5) is 31.2. The minimum Gasteiger partial charge on any atom is -0.355 e. The molecular formula is C21H24ClN3O3S. The zero-order valence-electron chi connectivity index (χ0n) is 16.3. The fourth-order valence-electron chi connectivity index (χ4n) is 5.35. The fraction of sp³-hybridized carbons (Fsp3) is 0.571. The molecule has 3 saturated heterocycles. The molecule has 5 heterocycles. The maximum absolute atomic E-state index is 13.3. The van der Waals surface area contributed by atoms with E-state index < -0.39 is 0 Å². The van der Waals surface area contributed by atoms with Gasteiger partial charge in [-0.05, 0) is 37.9 Å². The Hall–Kier alpha value is -1.70. The van der Waals surface area contributed by atoms with Crippen molar-refractivity contribution in [3.05, 3.63) is 28.2 Å². The average Bonchev–Trinajstić information content (AvgIpc) is 3.48. The lowest BCUT2D eigenvalue weighted by Gasteiger charge is -2.27. The molecule has 8 heteroatoms. The van der Waals surface area contributed by atoms with Crippen molar-refractivity contribution in [1.82, 2.24) is 15.0 Å². The first kappa shape index (κ1) is 19.3. The zero-order chi connectivity index (χ0) is 20.1. The molecule has 5 rings (SSSR count). The highest BCUT2D eigenvalue weighted by Gasteiger charge is 2.63. The first-order chi connectivity index (χ1) is 14.1. The molecule has 0 radical (unpaired) electrons. The molecule has 3 fully saturated rings. The molecule has 0 N–H and O–H groups in total. The van der Waals surface area contributed by atoms with E-state index in [0.717, 1.165) is 49.2 Å². The summed E-state index contributed by atoms with van der Waals surface area (Å²) in [5, 5.41) is 4.33. The Morgan fingerprint density at radius 3 is 2.83 bits per heavy atom. The van der Waals surface area contributed by atoms with Crippen LogP contribution in [0.5, 0.6) is 0 Å². The molecule has 154 valence electrons. The molecule has 0 unspecified atom stereocenters. The smallest absolute Gasteiger partial charge is 0.235 e. The summed E-state index contributed by atoms with van der Waals surface area (Å²) in [6.45, 7) is 3.55. The Morgan fingerprint density at radius 1 is 1.24 bits per heavy atom. The van der Waals surface area contributed by atoms with Gasteiger partial charge >= 0.3 is 0 Å². The Kier molecular flexibility index (Phi) is 5.00. The van der Waals surface area contributed by atoms with E-state index in [-0.39, 0.29) is 35.7 Å². The number of carbonyl (C=O) groups is 2. The predicted octanol–water partition coefficient (Wildman–Crippen LogP) is 4.37. The second-order valence-electron chi connectivity index (χ2n) is 8.20. The van der Waals surface area contributed by atoms with Crippen LogP contribution in [-0.2, 0) is 9.59 Å². The number of carbonyl (C=O) groups excluding carboxylic acids is 2. The van der Waals surface area contributed by atoms with Crippen LogP contribution < -0.4 is 0 Å². The van der Waals surface area contributed by atoms with Crippen LogP contribution in [0.2, 0.25) is 4.34 Å². The van der Waals surface area contributed by atoms with E-state index >= 15 is 0 Å². The van der Waals surface area contributed by atoms with Crippen molar-refractivity contribution in [3.63, 3.8) is 0 Å². The summed E-state index contributed by atoms with van der Waals surface area (Å²) < 4.78 is 6.30. The first-order valence-corrected chi connectivity index (χ1v) is 11.6. The van der Waals surface area contributed by atoms with E-state index in [1.807, 2.05) is 18.2 Å². The molecule has 2 aromatic heterocycles. The molecule has 3 aliphatic heterocycles. The summed E-state index contributed by atoms with van der Waals surface area (Å²) in [6.07, 6.45) is 4.98. The van der Waals surface area contributed by atoms with Crippen LogP contribution in [-0.4, -0.2) is 45.9 Å². The van der Waals surface area contributed by atoms with Gasteiger partial charge in [-0.1, -0.05) is 36.5 Å². The SMILES string of the molecule is CCCCCN1C(=O)[C@@H]2[C@H](C1=O)[C@H](c1cc(-c3ccc(Cl)s3)on1)N1CCC[C@@H]21. The van der Waals surface area contributed by atoms with Crippen LogP contribution in [0.4, 0.5) is 0 Å². The van der Waals surface area contributed by atoms with Crippen molar-refractivity contribution in [1.29, 1.82) is 0 Å². The number of aromatic nitrogens is 1. The number of halogens is 1. The monoisotopic (exact) mass is 433 g/mol.